The quantitative estimate of drug-likeness (QED) is 0.704. The molecule has 0 heterocycles. The molecule has 0 spiro atoms. The molecule has 0 unspecified atom stereocenters. The molecule has 72 valence electrons. The second kappa shape index (κ2) is 4.25. The minimum Gasteiger partial charge on any atom is -0.330 e. The minimum absolute atomic E-state index is 0.426. The Morgan fingerprint density at radius 2 is 1.57 bits per heavy atom. The molecule has 0 aromatic heterocycles. The standard InChI is InChI=1S/C13H15N/c14-10-11-6-8-13(9-7-11)12-4-2-1-3-5-12/h1-9,11,13H,10,14H2. The molecule has 14 heavy (non-hydrogen) atoms. The molecule has 0 fully saturated rings. The van der Waals surface area contributed by atoms with Gasteiger partial charge in [0.25, 0.3) is 0 Å². The Labute approximate surface area is 84.9 Å². The van der Waals surface area contributed by atoms with Gasteiger partial charge in [0, 0.05) is 18.4 Å². The van der Waals surface area contributed by atoms with Crippen LogP contribution in [0.15, 0.2) is 54.6 Å². The van der Waals surface area contributed by atoms with Gasteiger partial charge in [-0.25, -0.2) is 0 Å². The van der Waals surface area contributed by atoms with Crippen LogP contribution in [0.2, 0.25) is 0 Å². The first kappa shape index (κ1) is 9.22. The molecule has 1 heteroatoms. The van der Waals surface area contributed by atoms with Crippen LogP contribution in [0.5, 0.6) is 0 Å². The van der Waals surface area contributed by atoms with Crippen molar-refractivity contribution in [2.75, 3.05) is 6.54 Å². The average molecular weight is 185 g/mol. The Kier molecular flexibility index (Phi) is 2.80. The first-order chi connectivity index (χ1) is 6.90. The zero-order chi connectivity index (χ0) is 9.80. The lowest BCUT2D eigenvalue weighted by Crippen LogP contribution is -2.12. The van der Waals surface area contributed by atoms with Crippen LogP contribution in [0, 0.1) is 5.92 Å². The van der Waals surface area contributed by atoms with E-state index in [9.17, 15) is 0 Å². The van der Waals surface area contributed by atoms with E-state index in [1.807, 2.05) is 6.07 Å². The van der Waals surface area contributed by atoms with E-state index >= 15 is 0 Å². The highest BCUT2D eigenvalue weighted by Gasteiger charge is 2.09. The fourth-order valence-corrected chi connectivity index (χ4v) is 1.71. The van der Waals surface area contributed by atoms with Gasteiger partial charge < -0.3 is 5.73 Å². The van der Waals surface area contributed by atoms with Gasteiger partial charge in [-0.2, -0.15) is 0 Å². The van der Waals surface area contributed by atoms with Crippen LogP contribution in [0.4, 0.5) is 0 Å². The second-order valence-corrected chi connectivity index (χ2v) is 3.61. The summed E-state index contributed by atoms with van der Waals surface area (Å²) in [4.78, 5) is 0. The molecule has 0 saturated carbocycles. The molecule has 0 atom stereocenters. The van der Waals surface area contributed by atoms with Crippen molar-refractivity contribution in [3.63, 3.8) is 0 Å². The lowest BCUT2D eigenvalue weighted by molar-refractivity contribution is 0.790. The van der Waals surface area contributed by atoms with E-state index in [1.165, 1.54) is 5.56 Å². The van der Waals surface area contributed by atoms with Crippen molar-refractivity contribution in [1.82, 2.24) is 0 Å². The van der Waals surface area contributed by atoms with Crippen LogP contribution in [0.1, 0.15) is 11.5 Å². The van der Waals surface area contributed by atoms with E-state index in [4.69, 9.17) is 5.73 Å². The lowest BCUT2D eigenvalue weighted by atomic mass is 9.91. The Bertz CT molecular complexity index is 324. The number of allylic oxidation sites excluding steroid dienone is 2. The van der Waals surface area contributed by atoms with Crippen LogP contribution in [0.25, 0.3) is 0 Å². The van der Waals surface area contributed by atoms with Crippen LogP contribution >= 0.6 is 0 Å². The van der Waals surface area contributed by atoms with Crippen molar-refractivity contribution in [2.45, 2.75) is 5.92 Å². The highest BCUT2D eigenvalue weighted by Crippen LogP contribution is 2.23. The van der Waals surface area contributed by atoms with Gasteiger partial charge in [-0.1, -0.05) is 54.6 Å². The summed E-state index contributed by atoms with van der Waals surface area (Å²) in [6.07, 6.45) is 8.84. The van der Waals surface area contributed by atoms with Gasteiger partial charge >= 0.3 is 0 Å². The minimum atomic E-state index is 0.426. The predicted molar refractivity (Wildman–Crippen MR) is 60.0 cm³/mol. The largest absolute Gasteiger partial charge is 0.330 e. The maximum atomic E-state index is 5.58. The van der Waals surface area contributed by atoms with Crippen LogP contribution in [-0.4, -0.2) is 6.54 Å². The van der Waals surface area contributed by atoms with Gasteiger partial charge in [-0.3, -0.25) is 0 Å². The summed E-state index contributed by atoms with van der Waals surface area (Å²) >= 11 is 0. The van der Waals surface area contributed by atoms with Gasteiger partial charge in [0.1, 0.15) is 0 Å². The summed E-state index contributed by atoms with van der Waals surface area (Å²) in [6.45, 7) is 0.703. The Morgan fingerprint density at radius 3 is 2.14 bits per heavy atom. The molecule has 2 N–H and O–H groups in total. The van der Waals surface area contributed by atoms with Crippen molar-refractivity contribution in [3.05, 3.63) is 60.2 Å². The summed E-state index contributed by atoms with van der Waals surface area (Å²) in [5.74, 6) is 0.856. The van der Waals surface area contributed by atoms with E-state index in [1.54, 1.807) is 0 Å². The van der Waals surface area contributed by atoms with Gasteiger partial charge in [-0.15, -0.1) is 0 Å². The van der Waals surface area contributed by atoms with Crippen molar-refractivity contribution in [3.8, 4) is 0 Å². The van der Waals surface area contributed by atoms with Gasteiger partial charge in [0.2, 0.25) is 0 Å². The van der Waals surface area contributed by atoms with Crippen molar-refractivity contribution < 1.29 is 0 Å². The third-order valence-electron chi connectivity index (χ3n) is 2.59. The molecule has 1 aromatic carbocycles. The zero-order valence-electron chi connectivity index (χ0n) is 8.14. The molecule has 0 radical (unpaired) electrons. The molecule has 1 aliphatic rings. The number of benzene rings is 1. The van der Waals surface area contributed by atoms with E-state index in [0.29, 0.717) is 18.4 Å². The maximum Gasteiger partial charge on any atom is 0.0199 e. The summed E-state index contributed by atoms with van der Waals surface area (Å²) in [6, 6.07) is 10.5. The fourth-order valence-electron chi connectivity index (χ4n) is 1.71. The smallest absolute Gasteiger partial charge is 0.0199 e. The molecular formula is C13H15N. The lowest BCUT2D eigenvalue weighted by Gasteiger charge is -2.15. The van der Waals surface area contributed by atoms with E-state index in [-0.39, 0.29) is 0 Å². The monoisotopic (exact) mass is 185 g/mol. The fraction of sp³-hybridized carbons (Fsp3) is 0.231. The van der Waals surface area contributed by atoms with Crippen LogP contribution in [-0.2, 0) is 0 Å². The highest BCUT2D eigenvalue weighted by atomic mass is 14.5. The summed E-state index contributed by atoms with van der Waals surface area (Å²) in [5.41, 5.74) is 6.93. The molecular weight excluding hydrogens is 170 g/mol. The second-order valence-electron chi connectivity index (χ2n) is 3.61. The first-order valence-electron chi connectivity index (χ1n) is 5.02. The molecule has 0 aliphatic heterocycles. The molecule has 0 bridgehead atoms. The van der Waals surface area contributed by atoms with Crippen molar-refractivity contribution in [1.29, 1.82) is 0 Å². The summed E-state index contributed by atoms with van der Waals surface area (Å²) < 4.78 is 0. The number of hydrogen-bond donors (Lipinski definition) is 1. The third kappa shape index (κ3) is 1.94. The number of hydrogen-bond acceptors (Lipinski definition) is 1. The zero-order valence-corrected chi connectivity index (χ0v) is 8.14. The Balaban J connectivity index is 2.13. The molecule has 1 aromatic rings. The highest BCUT2D eigenvalue weighted by molar-refractivity contribution is 5.31. The van der Waals surface area contributed by atoms with Crippen LogP contribution < -0.4 is 5.73 Å². The summed E-state index contributed by atoms with van der Waals surface area (Å²) in [5, 5.41) is 0. The summed E-state index contributed by atoms with van der Waals surface area (Å²) in [7, 11) is 0. The van der Waals surface area contributed by atoms with E-state index in [0.717, 1.165) is 0 Å². The van der Waals surface area contributed by atoms with Gasteiger partial charge in [-0.05, 0) is 5.56 Å². The van der Waals surface area contributed by atoms with E-state index < -0.39 is 0 Å². The van der Waals surface area contributed by atoms with Gasteiger partial charge in [0.05, 0.1) is 0 Å². The topological polar surface area (TPSA) is 26.0 Å². The number of rotatable bonds is 2. The molecule has 0 amide bonds. The molecule has 2 rings (SSSR count). The Morgan fingerprint density at radius 1 is 0.929 bits per heavy atom. The van der Waals surface area contributed by atoms with Crippen LogP contribution in [0.3, 0.4) is 0 Å². The van der Waals surface area contributed by atoms with Crippen molar-refractivity contribution in [2.24, 2.45) is 11.7 Å². The SMILES string of the molecule is NCC1C=CC(c2ccccc2)C=C1. The average Bonchev–Trinajstić information content (AvgIpc) is 2.30. The first-order valence-corrected chi connectivity index (χ1v) is 5.02. The molecule has 1 aliphatic carbocycles. The molecule has 1 nitrogen and oxygen atoms in total. The van der Waals surface area contributed by atoms with Crippen molar-refractivity contribution >= 4 is 0 Å². The number of nitrogens with two attached hydrogens (primary N) is 1. The Hall–Kier alpha value is -1.34. The van der Waals surface area contributed by atoms with E-state index in [2.05, 4.69) is 48.6 Å². The maximum absolute atomic E-state index is 5.58. The third-order valence-corrected chi connectivity index (χ3v) is 2.59. The normalized spacial score (nSPS) is 25.2. The predicted octanol–water partition coefficient (Wildman–Crippen LogP) is 2.47. The molecule has 0 saturated heterocycles. The van der Waals surface area contributed by atoms with Gasteiger partial charge in [0.15, 0.2) is 0 Å².